The molecule has 0 spiro atoms. The van der Waals surface area contributed by atoms with Crippen molar-refractivity contribution in [1.29, 1.82) is 0 Å². The van der Waals surface area contributed by atoms with Gasteiger partial charge in [0, 0.05) is 25.2 Å². The Labute approximate surface area is 110 Å². The average Bonchev–Trinajstić information content (AvgIpc) is 2.88. The van der Waals surface area contributed by atoms with Crippen molar-refractivity contribution in [3.05, 3.63) is 28.1 Å². The number of carbonyl (C=O) groups excluding carboxylic acids is 1. The third-order valence-electron chi connectivity index (χ3n) is 3.71. The van der Waals surface area contributed by atoms with Crippen molar-refractivity contribution in [3.8, 4) is 0 Å². The second-order valence-electron chi connectivity index (χ2n) is 4.90. The molecule has 2 unspecified atom stereocenters. The lowest BCUT2D eigenvalue weighted by molar-refractivity contribution is -0.384. The molecule has 0 bridgehead atoms. The molecule has 1 fully saturated rings. The normalized spacial score (nSPS) is 23.4. The third-order valence-corrected chi connectivity index (χ3v) is 3.71. The Morgan fingerprint density at radius 2 is 2.42 bits per heavy atom. The monoisotopic (exact) mass is 266 g/mol. The Morgan fingerprint density at radius 1 is 1.68 bits per heavy atom. The molecular formula is C12H18N4O3. The van der Waals surface area contributed by atoms with Gasteiger partial charge in [-0.05, 0) is 12.3 Å². The number of nitrogens with one attached hydrogen (secondary N) is 1. The number of carbonyl (C=O) groups is 1. The first-order chi connectivity index (χ1) is 9.02. The Hall–Kier alpha value is -1.89. The molecule has 0 aromatic carbocycles. The van der Waals surface area contributed by atoms with Crippen LogP contribution in [0.25, 0.3) is 0 Å². The second kappa shape index (κ2) is 5.40. The molecule has 1 amide bonds. The van der Waals surface area contributed by atoms with Gasteiger partial charge in [-0.15, -0.1) is 0 Å². The Morgan fingerprint density at radius 3 is 3.00 bits per heavy atom. The standard InChI is InChI=1S/C12H18N4O3/c1-2-8-7-15(4-3-10(8)13)12(17)11-5-9(6-14-11)16(18)19/h5-6,8,10,14H,2-4,7,13H2,1H3. The van der Waals surface area contributed by atoms with Gasteiger partial charge < -0.3 is 15.6 Å². The second-order valence-corrected chi connectivity index (χ2v) is 4.90. The molecular weight excluding hydrogens is 248 g/mol. The first kappa shape index (κ1) is 13.5. The van der Waals surface area contributed by atoms with Gasteiger partial charge in [-0.2, -0.15) is 0 Å². The largest absolute Gasteiger partial charge is 0.351 e. The molecule has 1 aromatic rings. The van der Waals surface area contributed by atoms with E-state index in [0.717, 1.165) is 12.8 Å². The van der Waals surface area contributed by atoms with Crippen LogP contribution in [0.5, 0.6) is 0 Å². The van der Waals surface area contributed by atoms with Crippen LogP contribution < -0.4 is 5.73 Å². The fraction of sp³-hybridized carbons (Fsp3) is 0.583. The molecule has 0 aliphatic carbocycles. The minimum atomic E-state index is -0.520. The lowest BCUT2D eigenvalue weighted by Crippen LogP contribution is -2.49. The van der Waals surface area contributed by atoms with Gasteiger partial charge in [0.1, 0.15) is 5.69 Å². The minimum absolute atomic E-state index is 0.0934. The predicted octanol–water partition coefficient (Wildman–Crippen LogP) is 1.12. The van der Waals surface area contributed by atoms with Crippen LogP contribution in [0.2, 0.25) is 0 Å². The molecule has 1 aromatic heterocycles. The van der Waals surface area contributed by atoms with Gasteiger partial charge >= 0.3 is 0 Å². The molecule has 0 saturated carbocycles. The fourth-order valence-corrected chi connectivity index (χ4v) is 2.45. The highest BCUT2D eigenvalue weighted by Gasteiger charge is 2.29. The quantitative estimate of drug-likeness (QED) is 0.631. The van der Waals surface area contributed by atoms with Gasteiger partial charge in [0.05, 0.1) is 11.1 Å². The minimum Gasteiger partial charge on any atom is -0.351 e. The van der Waals surface area contributed by atoms with Crippen molar-refractivity contribution in [2.75, 3.05) is 13.1 Å². The number of H-pyrrole nitrogens is 1. The lowest BCUT2D eigenvalue weighted by atomic mass is 9.90. The van der Waals surface area contributed by atoms with Crippen molar-refractivity contribution in [2.45, 2.75) is 25.8 Å². The number of piperidine rings is 1. The van der Waals surface area contributed by atoms with Crippen LogP contribution in [0, 0.1) is 16.0 Å². The van der Waals surface area contributed by atoms with E-state index >= 15 is 0 Å². The van der Waals surface area contributed by atoms with Gasteiger partial charge in [0.2, 0.25) is 0 Å². The smallest absolute Gasteiger partial charge is 0.287 e. The summed E-state index contributed by atoms with van der Waals surface area (Å²) in [5.41, 5.74) is 6.17. The summed E-state index contributed by atoms with van der Waals surface area (Å²) in [5, 5.41) is 10.6. The molecule has 0 radical (unpaired) electrons. The molecule has 19 heavy (non-hydrogen) atoms. The van der Waals surface area contributed by atoms with Crippen LogP contribution in [-0.2, 0) is 0 Å². The number of aromatic nitrogens is 1. The zero-order chi connectivity index (χ0) is 14.0. The molecule has 1 aliphatic rings. The lowest BCUT2D eigenvalue weighted by Gasteiger charge is -2.36. The molecule has 2 rings (SSSR count). The molecule has 2 atom stereocenters. The topological polar surface area (TPSA) is 105 Å². The van der Waals surface area contributed by atoms with E-state index in [0.29, 0.717) is 19.0 Å². The van der Waals surface area contributed by atoms with Gasteiger partial charge in [0.25, 0.3) is 11.6 Å². The maximum absolute atomic E-state index is 12.2. The van der Waals surface area contributed by atoms with Crippen molar-refractivity contribution in [1.82, 2.24) is 9.88 Å². The number of rotatable bonds is 3. The van der Waals surface area contributed by atoms with Crippen LogP contribution in [0.3, 0.4) is 0 Å². The van der Waals surface area contributed by atoms with Crippen LogP contribution >= 0.6 is 0 Å². The highest BCUT2D eigenvalue weighted by molar-refractivity contribution is 5.93. The molecule has 7 nitrogen and oxygen atoms in total. The maximum atomic E-state index is 12.2. The Kier molecular flexibility index (Phi) is 3.84. The predicted molar refractivity (Wildman–Crippen MR) is 69.7 cm³/mol. The zero-order valence-electron chi connectivity index (χ0n) is 10.8. The Bertz CT molecular complexity index is 485. The van der Waals surface area contributed by atoms with Crippen molar-refractivity contribution in [3.63, 3.8) is 0 Å². The van der Waals surface area contributed by atoms with Gasteiger partial charge in [-0.3, -0.25) is 14.9 Å². The molecule has 7 heteroatoms. The van der Waals surface area contributed by atoms with Crippen LogP contribution in [0.1, 0.15) is 30.3 Å². The third kappa shape index (κ3) is 2.76. The van der Waals surface area contributed by atoms with E-state index in [2.05, 4.69) is 11.9 Å². The maximum Gasteiger partial charge on any atom is 0.287 e. The van der Waals surface area contributed by atoms with Crippen molar-refractivity contribution < 1.29 is 9.72 Å². The fourth-order valence-electron chi connectivity index (χ4n) is 2.45. The molecule has 1 saturated heterocycles. The summed E-state index contributed by atoms with van der Waals surface area (Å²) in [6.45, 7) is 3.27. The summed E-state index contributed by atoms with van der Waals surface area (Å²) in [7, 11) is 0. The van der Waals surface area contributed by atoms with Crippen molar-refractivity contribution in [2.24, 2.45) is 11.7 Å². The molecule has 104 valence electrons. The summed E-state index contributed by atoms with van der Waals surface area (Å²) < 4.78 is 0. The van der Waals surface area contributed by atoms with E-state index in [1.54, 1.807) is 4.90 Å². The Balaban J connectivity index is 2.08. The summed E-state index contributed by atoms with van der Waals surface area (Å²) in [6.07, 6.45) is 2.93. The highest BCUT2D eigenvalue weighted by Crippen LogP contribution is 2.21. The number of likely N-dealkylation sites (tertiary alicyclic amines) is 1. The van der Waals surface area contributed by atoms with Crippen LogP contribution in [0.4, 0.5) is 5.69 Å². The van der Waals surface area contributed by atoms with Gasteiger partial charge in [0.15, 0.2) is 0 Å². The number of nitro groups is 1. The first-order valence-corrected chi connectivity index (χ1v) is 6.40. The number of hydrogen-bond acceptors (Lipinski definition) is 4. The summed E-state index contributed by atoms with van der Waals surface area (Å²) in [4.78, 5) is 26.7. The summed E-state index contributed by atoms with van der Waals surface area (Å²) in [5.74, 6) is 0.0982. The van der Waals surface area contributed by atoms with E-state index < -0.39 is 4.92 Å². The number of aromatic amines is 1. The summed E-state index contributed by atoms with van der Waals surface area (Å²) >= 11 is 0. The number of nitrogens with zero attached hydrogens (tertiary/aromatic N) is 2. The first-order valence-electron chi connectivity index (χ1n) is 6.40. The molecule has 3 N–H and O–H groups in total. The van der Waals surface area contributed by atoms with Gasteiger partial charge in [-0.1, -0.05) is 13.3 Å². The van der Waals surface area contributed by atoms with E-state index in [9.17, 15) is 14.9 Å². The van der Waals surface area contributed by atoms with Gasteiger partial charge in [-0.25, -0.2) is 0 Å². The van der Waals surface area contributed by atoms with Crippen LogP contribution in [-0.4, -0.2) is 39.8 Å². The zero-order valence-corrected chi connectivity index (χ0v) is 10.8. The van der Waals surface area contributed by atoms with E-state index in [1.165, 1.54) is 12.3 Å². The highest BCUT2D eigenvalue weighted by atomic mass is 16.6. The molecule has 1 aliphatic heterocycles. The average molecular weight is 266 g/mol. The number of hydrogen-bond donors (Lipinski definition) is 2. The van der Waals surface area contributed by atoms with E-state index in [4.69, 9.17) is 5.73 Å². The van der Waals surface area contributed by atoms with Crippen LogP contribution in [0.15, 0.2) is 12.3 Å². The number of amides is 1. The summed E-state index contributed by atoms with van der Waals surface area (Å²) in [6, 6.07) is 1.41. The number of nitrogens with two attached hydrogens (primary N) is 1. The van der Waals surface area contributed by atoms with E-state index in [-0.39, 0.29) is 23.3 Å². The van der Waals surface area contributed by atoms with Crippen molar-refractivity contribution >= 4 is 11.6 Å². The van der Waals surface area contributed by atoms with E-state index in [1.807, 2.05) is 0 Å². The SMILES string of the molecule is CCC1CN(C(=O)c2cc([N+](=O)[O-])c[nH]2)CCC1N. The molecule has 2 heterocycles.